The van der Waals surface area contributed by atoms with E-state index in [0.29, 0.717) is 34.4 Å². The number of fused-ring (bicyclic) bond motifs is 1. The Hall–Kier alpha value is -3.68. The van der Waals surface area contributed by atoms with Gasteiger partial charge in [0.25, 0.3) is 0 Å². The molecule has 3 aromatic rings. The van der Waals surface area contributed by atoms with Crippen LogP contribution in [0.5, 0.6) is 0 Å². The van der Waals surface area contributed by atoms with Crippen molar-refractivity contribution in [2.45, 2.75) is 45.7 Å². The molecule has 2 aromatic heterocycles. The predicted molar refractivity (Wildman–Crippen MR) is 139 cm³/mol. The van der Waals surface area contributed by atoms with Gasteiger partial charge in [0, 0.05) is 41.6 Å². The Morgan fingerprint density at radius 2 is 2.11 bits per heavy atom. The number of nitrogens with one attached hydrogen (secondary N) is 4. The lowest BCUT2D eigenvalue weighted by Crippen LogP contribution is -2.38. The molecule has 1 unspecified atom stereocenters. The second-order valence-corrected chi connectivity index (χ2v) is 10.7. The van der Waals surface area contributed by atoms with E-state index in [2.05, 4.69) is 58.4 Å². The van der Waals surface area contributed by atoms with Gasteiger partial charge in [0.05, 0.1) is 34.9 Å². The highest BCUT2D eigenvalue weighted by Gasteiger charge is 2.33. The molecule has 192 valence electrons. The van der Waals surface area contributed by atoms with Gasteiger partial charge < -0.3 is 16.1 Å². The maximum absolute atomic E-state index is 15.0. The largest absolute Gasteiger partial charge is 0.383 e. The van der Waals surface area contributed by atoms with Crippen LogP contribution in [0.4, 0.5) is 20.2 Å². The molecule has 4 N–H and O–H groups in total. The van der Waals surface area contributed by atoms with Crippen molar-refractivity contribution in [1.82, 2.24) is 25.9 Å². The summed E-state index contributed by atoms with van der Waals surface area (Å²) in [7, 11) is 0. The predicted octanol–water partition coefficient (Wildman–Crippen LogP) is 5.37. The first-order valence-corrected chi connectivity index (χ1v) is 12.3. The number of hydrogen-bond acceptors (Lipinski definition) is 8. The SMILES string of the molecule is [2H]C(Nc1cc(Cl)c2ncc(C#N)c(NCC(C)(C)C)c2c1)(C1=CN(C2CC2)NN1)c1ccc(F)nc1F. The summed E-state index contributed by atoms with van der Waals surface area (Å²) in [6, 6.07) is 5.97. The van der Waals surface area contributed by atoms with E-state index in [1.54, 1.807) is 18.3 Å². The average molecular weight is 526 g/mol. The van der Waals surface area contributed by atoms with Crippen molar-refractivity contribution in [3.8, 4) is 6.07 Å². The molecule has 0 saturated heterocycles. The maximum Gasteiger partial charge on any atom is 0.221 e. The fraction of sp³-hybridized carbons (Fsp3) is 0.346. The third-order valence-electron chi connectivity index (χ3n) is 5.99. The van der Waals surface area contributed by atoms with Crippen molar-refractivity contribution in [2.24, 2.45) is 5.41 Å². The Balaban J connectivity index is 1.62. The van der Waals surface area contributed by atoms with Crippen molar-refractivity contribution in [3.63, 3.8) is 0 Å². The van der Waals surface area contributed by atoms with Crippen LogP contribution in [0.15, 0.2) is 42.4 Å². The first-order valence-electron chi connectivity index (χ1n) is 12.4. The van der Waals surface area contributed by atoms with Crippen molar-refractivity contribution >= 4 is 33.9 Å². The Bertz CT molecular complexity index is 1480. The summed E-state index contributed by atoms with van der Waals surface area (Å²) in [6.07, 6.45) is 5.13. The minimum absolute atomic E-state index is 0.0769. The number of hydrazine groups is 2. The topological polar surface area (TPSA) is 101 Å². The van der Waals surface area contributed by atoms with Gasteiger partial charge in [0.2, 0.25) is 11.9 Å². The van der Waals surface area contributed by atoms with Crippen LogP contribution in [0.3, 0.4) is 0 Å². The highest BCUT2D eigenvalue weighted by Crippen LogP contribution is 2.37. The molecule has 1 saturated carbocycles. The van der Waals surface area contributed by atoms with Gasteiger partial charge in [-0.05, 0) is 42.5 Å². The van der Waals surface area contributed by atoms with Crippen molar-refractivity contribution in [3.05, 3.63) is 70.4 Å². The van der Waals surface area contributed by atoms with Gasteiger partial charge in [-0.15, -0.1) is 5.53 Å². The minimum Gasteiger partial charge on any atom is -0.383 e. The molecule has 0 bridgehead atoms. The molecule has 11 heteroatoms. The molecule has 1 aromatic carbocycles. The van der Waals surface area contributed by atoms with Crippen LogP contribution in [0.2, 0.25) is 5.02 Å². The Morgan fingerprint density at radius 1 is 1.32 bits per heavy atom. The zero-order valence-corrected chi connectivity index (χ0v) is 21.3. The quantitative estimate of drug-likeness (QED) is 0.305. The molecule has 1 aliphatic carbocycles. The second-order valence-electron chi connectivity index (χ2n) is 10.3. The fourth-order valence-electron chi connectivity index (χ4n) is 3.99. The summed E-state index contributed by atoms with van der Waals surface area (Å²) >= 11 is 6.62. The summed E-state index contributed by atoms with van der Waals surface area (Å²) in [4.78, 5) is 7.68. The Labute approximate surface area is 220 Å². The van der Waals surface area contributed by atoms with Crippen LogP contribution >= 0.6 is 11.6 Å². The highest BCUT2D eigenvalue weighted by atomic mass is 35.5. The molecule has 0 radical (unpaired) electrons. The van der Waals surface area contributed by atoms with E-state index in [0.717, 1.165) is 18.9 Å². The van der Waals surface area contributed by atoms with Gasteiger partial charge in [-0.2, -0.15) is 19.0 Å². The van der Waals surface area contributed by atoms with Crippen LogP contribution in [-0.4, -0.2) is 27.6 Å². The molecule has 0 spiro atoms. The number of rotatable bonds is 7. The molecule has 1 atom stereocenters. The number of nitrogens with zero attached hydrogens (tertiary/aromatic N) is 4. The average Bonchev–Trinajstić information content (AvgIpc) is 3.57. The molecule has 8 nitrogen and oxygen atoms in total. The number of halogens is 3. The van der Waals surface area contributed by atoms with Crippen molar-refractivity contribution in [2.75, 3.05) is 17.2 Å². The number of benzene rings is 1. The summed E-state index contributed by atoms with van der Waals surface area (Å²) < 4.78 is 38.1. The third-order valence-corrected chi connectivity index (χ3v) is 6.28. The number of hydrogen-bond donors (Lipinski definition) is 4. The normalized spacial score (nSPS) is 17.5. The van der Waals surface area contributed by atoms with Crippen LogP contribution in [0.25, 0.3) is 10.9 Å². The number of nitriles is 1. The van der Waals surface area contributed by atoms with Gasteiger partial charge in [-0.25, -0.2) is 0 Å². The van der Waals surface area contributed by atoms with Crippen LogP contribution in [0, 0.1) is 28.6 Å². The zero-order chi connectivity index (χ0) is 27.2. The lowest BCUT2D eigenvalue weighted by Gasteiger charge is -2.23. The standard InChI is InChI=1S/C26H27ClF2N8/c1-26(2,3)13-32-22-14(10-30)11-31-23-18(22)8-15(9-19(23)27)33-24(17-6-7-21(28)34-25(17)29)20-12-37(36-35-20)16-4-5-16/h6-9,11-12,16,24,33,35-36H,4-5,13H2,1-3H3,(H,31,32)/i24D. The summed E-state index contributed by atoms with van der Waals surface area (Å²) in [5, 5.41) is 18.8. The van der Waals surface area contributed by atoms with Crippen LogP contribution in [-0.2, 0) is 0 Å². The van der Waals surface area contributed by atoms with Crippen molar-refractivity contribution in [1.29, 1.82) is 5.26 Å². The van der Waals surface area contributed by atoms with E-state index in [-0.39, 0.29) is 27.7 Å². The van der Waals surface area contributed by atoms with E-state index in [4.69, 9.17) is 11.6 Å². The van der Waals surface area contributed by atoms with E-state index < -0.39 is 17.9 Å². The van der Waals surface area contributed by atoms with Gasteiger partial charge >= 0.3 is 0 Å². The fourth-order valence-corrected chi connectivity index (χ4v) is 4.26. The molecule has 1 fully saturated rings. The molecule has 0 amide bonds. The smallest absolute Gasteiger partial charge is 0.221 e. The monoisotopic (exact) mass is 525 g/mol. The lowest BCUT2D eigenvalue weighted by molar-refractivity contribution is 0.260. The van der Waals surface area contributed by atoms with E-state index >= 15 is 0 Å². The molecular weight excluding hydrogens is 498 g/mol. The number of pyridine rings is 2. The summed E-state index contributed by atoms with van der Waals surface area (Å²) in [6.45, 7) is 6.77. The first-order chi connectivity index (χ1) is 18.0. The molecule has 37 heavy (non-hydrogen) atoms. The van der Waals surface area contributed by atoms with Gasteiger partial charge in [0.1, 0.15) is 6.07 Å². The van der Waals surface area contributed by atoms with Crippen LogP contribution < -0.4 is 21.6 Å². The van der Waals surface area contributed by atoms with E-state index in [9.17, 15) is 15.4 Å². The second kappa shape index (κ2) is 9.65. The third kappa shape index (κ3) is 5.38. The molecule has 3 heterocycles. The number of aromatic nitrogens is 2. The lowest BCUT2D eigenvalue weighted by atomic mass is 9.96. The zero-order valence-electron chi connectivity index (χ0n) is 21.6. The highest BCUT2D eigenvalue weighted by molar-refractivity contribution is 6.35. The molecular formula is C26H27ClF2N8. The Morgan fingerprint density at radius 3 is 2.78 bits per heavy atom. The van der Waals surface area contributed by atoms with E-state index in [1.807, 2.05) is 5.01 Å². The van der Waals surface area contributed by atoms with Gasteiger partial charge in [0.15, 0.2) is 0 Å². The Kier molecular flexibility index (Phi) is 6.18. The minimum atomic E-state index is -1.95. The summed E-state index contributed by atoms with van der Waals surface area (Å²) in [5.74, 6) is -2.11. The van der Waals surface area contributed by atoms with Crippen molar-refractivity contribution < 1.29 is 10.2 Å². The summed E-state index contributed by atoms with van der Waals surface area (Å²) in [5.41, 5.74) is 7.68. The first kappa shape index (κ1) is 23.7. The number of anilines is 2. The maximum atomic E-state index is 15.0. The van der Waals surface area contributed by atoms with Gasteiger partial charge in [-0.3, -0.25) is 9.99 Å². The molecule has 2 aliphatic rings. The van der Waals surface area contributed by atoms with Gasteiger partial charge in [-0.1, -0.05) is 32.4 Å². The van der Waals surface area contributed by atoms with Crippen LogP contribution in [0.1, 0.15) is 52.1 Å². The molecule has 1 aliphatic heterocycles. The molecule has 5 rings (SSSR count). The van der Waals surface area contributed by atoms with E-state index in [1.165, 1.54) is 12.3 Å².